The molecule has 0 fully saturated rings. The molecular weight excluding hydrogens is 332 g/mol. The third kappa shape index (κ3) is 2.52. The number of fused-ring (bicyclic) bond motifs is 2. The number of ether oxygens (including phenoxy) is 2. The summed E-state index contributed by atoms with van der Waals surface area (Å²) in [4.78, 5) is 12.2. The van der Waals surface area contributed by atoms with Crippen molar-refractivity contribution in [1.82, 2.24) is 9.78 Å². The van der Waals surface area contributed by atoms with Crippen LogP contribution in [0, 0.1) is 6.92 Å². The standard InChI is InChI=1S/C17H17F2N3O3/c1-8(2)22-16-15(9(3)21-22)11(7-14(23)20-16)10-4-5-12-13(6-10)25-17(18,19)24-12/h4-6,8,11H,7H2,1-3H3,(H,20,23). The fourth-order valence-corrected chi connectivity index (χ4v) is 3.41. The van der Waals surface area contributed by atoms with Gasteiger partial charge >= 0.3 is 6.29 Å². The first-order valence-electron chi connectivity index (χ1n) is 8.04. The molecule has 0 bridgehead atoms. The number of halogens is 2. The van der Waals surface area contributed by atoms with E-state index in [1.54, 1.807) is 10.7 Å². The van der Waals surface area contributed by atoms with E-state index in [4.69, 9.17) is 0 Å². The molecule has 25 heavy (non-hydrogen) atoms. The minimum Gasteiger partial charge on any atom is -0.395 e. The van der Waals surface area contributed by atoms with Crippen LogP contribution in [0.15, 0.2) is 18.2 Å². The third-order valence-electron chi connectivity index (χ3n) is 4.44. The van der Waals surface area contributed by atoms with E-state index in [1.807, 2.05) is 20.8 Å². The smallest absolute Gasteiger partial charge is 0.395 e. The Morgan fingerprint density at radius 2 is 2.04 bits per heavy atom. The molecule has 132 valence electrons. The molecule has 4 rings (SSSR count). The van der Waals surface area contributed by atoms with Crippen molar-refractivity contribution in [3.8, 4) is 11.5 Å². The quantitative estimate of drug-likeness (QED) is 0.900. The normalized spacial score (nSPS) is 20.6. The highest BCUT2D eigenvalue weighted by molar-refractivity contribution is 5.94. The van der Waals surface area contributed by atoms with Crippen LogP contribution in [0.2, 0.25) is 0 Å². The molecule has 8 heteroatoms. The zero-order chi connectivity index (χ0) is 17.9. The second-order valence-corrected chi connectivity index (χ2v) is 6.56. The molecule has 6 nitrogen and oxygen atoms in total. The highest BCUT2D eigenvalue weighted by Crippen LogP contribution is 2.46. The molecule has 1 aromatic carbocycles. The molecule has 2 aliphatic rings. The van der Waals surface area contributed by atoms with Gasteiger partial charge in [0.1, 0.15) is 5.82 Å². The lowest BCUT2D eigenvalue weighted by Crippen LogP contribution is -2.26. The minimum atomic E-state index is -3.66. The van der Waals surface area contributed by atoms with Gasteiger partial charge < -0.3 is 14.8 Å². The number of aromatic nitrogens is 2. The summed E-state index contributed by atoms with van der Waals surface area (Å²) < 4.78 is 37.2. The molecule has 0 aliphatic carbocycles. The molecule has 0 saturated heterocycles. The van der Waals surface area contributed by atoms with Gasteiger partial charge in [0.2, 0.25) is 5.91 Å². The fraction of sp³-hybridized carbons (Fsp3) is 0.412. The number of anilines is 1. The molecule has 0 radical (unpaired) electrons. The summed E-state index contributed by atoms with van der Waals surface area (Å²) in [5.41, 5.74) is 2.41. The van der Waals surface area contributed by atoms with Crippen LogP contribution in [-0.2, 0) is 4.79 Å². The topological polar surface area (TPSA) is 65.4 Å². The number of carbonyl (C=O) groups excluding carboxylic acids is 1. The Labute approximate surface area is 142 Å². The van der Waals surface area contributed by atoms with E-state index in [9.17, 15) is 13.6 Å². The molecule has 0 saturated carbocycles. The summed E-state index contributed by atoms with van der Waals surface area (Å²) in [7, 11) is 0. The summed E-state index contributed by atoms with van der Waals surface area (Å²) in [6.45, 7) is 5.83. The van der Waals surface area contributed by atoms with Crippen molar-refractivity contribution in [1.29, 1.82) is 0 Å². The summed E-state index contributed by atoms with van der Waals surface area (Å²) in [5.74, 6) is 0.214. The van der Waals surface area contributed by atoms with Crippen LogP contribution in [0.1, 0.15) is 49.0 Å². The molecule has 2 aliphatic heterocycles. The van der Waals surface area contributed by atoms with Crippen molar-refractivity contribution >= 4 is 11.7 Å². The maximum absolute atomic E-state index is 13.2. The van der Waals surface area contributed by atoms with Crippen molar-refractivity contribution in [3.05, 3.63) is 35.0 Å². The molecule has 1 N–H and O–H groups in total. The Balaban J connectivity index is 1.80. The number of carbonyl (C=O) groups is 1. The van der Waals surface area contributed by atoms with Gasteiger partial charge in [0.15, 0.2) is 11.5 Å². The van der Waals surface area contributed by atoms with Crippen LogP contribution in [0.4, 0.5) is 14.6 Å². The average Bonchev–Trinajstić information content (AvgIpc) is 3.01. The van der Waals surface area contributed by atoms with Gasteiger partial charge in [-0.2, -0.15) is 5.10 Å². The molecular formula is C17H17F2N3O3. The van der Waals surface area contributed by atoms with Crippen LogP contribution < -0.4 is 14.8 Å². The molecule has 1 amide bonds. The summed E-state index contributed by atoms with van der Waals surface area (Å²) in [6, 6.07) is 4.72. The number of rotatable bonds is 2. The van der Waals surface area contributed by atoms with E-state index in [0.29, 0.717) is 11.4 Å². The van der Waals surface area contributed by atoms with Crippen LogP contribution in [0.25, 0.3) is 0 Å². The highest BCUT2D eigenvalue weighted by atomic mass is 19.3. The zero-order valence-corrected chi connectivity index (χ0v) is 14.0. The van der Waals surface area contributed by atoms with Crippen LogP contribution in [-0.4, -0.2) is 22.0 Å². The first-order valence-corrected chi connectivity index (χ1v) is 8.04. The number of nitrogens with zero attached hydrogens (tertiary/aromatic N) is 2. The van der Waals surface area contributed by atoms with Gasteiger partial charge in [0.05, 0.1) is 5.69 Å². The first kappa shape index (κ1) is 15.9. The highest BCUT2D eigenvalue weighted by Gasteiger charge is 2.44. The van der Waals surface area contributed by atoms with Gasteiger partial charge in [-0.05, 0) is 38.5 Å². The lowest BCUT2D eigenvalue weighted by atomic mass is 9.85. The number of alkyl halides is 2. The molecule has 1 unspecified atom stereocenters. The van der Waals surface area contributed by atoms with Gasteiger partial charge in [0, 0.05) is 23.9 Å². The largest absolute Gasteiger partial charge is 0.586 e. The first-order chi connectivity index (χ1) is 11.7. The predicted octanol–water partition coefficient (Wildman–Crippen LogP) is 3.57. The maximum Gasteiger partial charge on any atom is 0.586 e. The Hall–Kier alpha value is -2.64. The number of benzene rings is 1. The molecule has 0 spiro atoms. The van der Waals surface area contributed by atoms with Crippen molar-refractivity contribution in [2.75, 3.05) is 5.32 Å². The minimum absolute atomic E-state index is 0.0103. The Bertz CT molecular complexity index is 876. The van der Waals surface area contributed by atoms with Gasteiger partial charge in [-0.15, -0.1) is 8.78 Å². The Morgan fingerprint density at radius 1 is 1.32 bits per heavy atom. The van der Waals surface area contributed by atoms with Gasteiger partial charge in [-0.1, -0.05) is 6.07 Å². The fourth-order valence-electron chi connectivity index (χ4n) is 3.41. The van der Waals surface area contributed by atoms with Crippen molar-refractivity contribution in [2.24, 2.45) is 0 Å². The number of nitrogens with one attached hydrogen (secondary N) is 1. The Morgan fingerprint density at radius 3 is 2.76 bits per heavy atom. The summed E-state index contributed by atoms with van der Waals surface area (Å²) >= 11 is 0. The van der Waals surface area contributed by atoms with E-state index in [2.05, 4.69) is 19.9 Å². The number of hydrogen-bond donors (Lipinski definition) is 1. The predicted molar refractivity (Wildman–Crippen MR) is 85.1 cm³/mol. The van der Waals surface area contributed by atoms with Crippen LogP contribution in [0.5, 0.6) is 11.5 Å². The zero-order valence-electron chi connectivity index (χ0n) is 14.0. The summed E-state index contributed by atoms with van der Waals surface area (Å²) in [5, 5.41) is 7.40. The van der Waals surface area contributed by atoms with Gasteiger partial charge in [-0.25, -0.2) is 4.68 Å². The lowest BCUT2D eigenvalue weighted by molar-refractivity contribution is -0.286. The Kier molecular flexibility index (Phi) is 3.28. The van der Waals surface area contributed by atoms with E-state index in [1.165, 1.54) is 12.1 Å². The third-order valence-corrected chi connectivity index (χ3v) is 4.44. The monoisotopic (exact) mass is 349 g/mol. The van der Waals surface area contributed by atoms with E-state index in [-0.39, 0.29) is 35.8 Å². The molecule has 1 aromatic heterocycles. The van der Waals surface area contributed by atoms with E-state index < -0.39 is 6.29 Å². The van der Waals surface area contributed by atoms with Gasteiger partial charge in [-0.3, -0.25) is 4.79 Å². The second-order valence-electron chi connectivity index (χ2n) is 6.56. The van der Waals surface area contributed by atoms with E-state index in [0.717, 1.165) is 11.3 Å². The summed E-state index contributed by atoms with van der Waals surface area (Å²) in [6.07, 6.45) is -3.44. The SMILES string of the molecule is Cc1nn(C(C)C)c2c1C(c1ccc3c(c1)OC(F)(F)O3)CC(=O)N2. The number of aryl methyl sites for hydroxylation is 1. The van der Waals surface area contributed by atoms with Crippen LogP contribution >= 0.6 is 0 Å². The average molecular weight is 349 g/mol. The molecule has 3 heterocycles. The van der Waals surface area contributed by atoms with Crippen LogP contribution in [0.3, 0.4) is 0 Å². The lowest BCUT2D eigenvalue weighted by Gasteiger charge is -2.25. The van der Waals surface area contributed by atoms with E-state index >= 15 is 0 Å². The number of amides is 1. The second kappa shape index (κ2) is 5.18. The van der Waals surface area contributed by atoms with Gasteiger partial charge in [0.25, 0.3) is 0 Å². The molecule has 1 atom stereocenters. The molecule has 2 aromatic rings. The van der Waals surface area contributed by atoms with Crippen molar-refractivity contribution < 1.29 is 23.0 Å². The number of hydrogen-bond acceptors (Lipinski definition) is 4. The maximum atomic E-state index is 13.2. The van der Waals surface area contributed by atoms with Crippen molar-refractivity contribution in [2.45, 2.75) is 45.4 Å². The van der Waals surface area contributed by atoms with Crippen molar-refractivity contribution in [3.63, 3.8) is 0 Å².